The SMILES string of the molecule is CCOC(=O)C1(C)CN(C(=O)N(C=O)c2ccc(Br)cc2)N=C1c1ccc(Cl)cc1. The first-order chi connectivity index (χ1) is 14.3. The number of benzene rings is 2. The molecule has 30 heavy (non-hydrogen) atoms. The molecular weight excluding hydrogens is 474 g/mol. The number of nitrogens with zero attached hydrogens (tertiary/aromatic N) is 3. The van der Waals surface area contributed by atoms with Crippen molar-refractivity contribution in [2.75, 3.05) is 18.1 Å². The molecule has 9 heteroatoms. The molecule has 3 amide bonds. The van der Waals surface area contributed by atoms with Gasteiger partial charge in [0.15, 0.2) is 0 Å². The number of esters is 1. The van der Waals surface area contributed by atoms with Crippen molar-refractivity contribution in [2.45, 2.75) is 13.8 Å². The Morgan fingerprint density at radius 1 is 1.23 bits per heavy atom. The van der Waals surface area contributed by atoms with Crippen molar-refractivity contribution in [3.63, 3.8) is 0 Å². The fourth-order valence-electron chi connectivity index (χ4n) is 3.13. The lowest BCUT2D eigenvalue weighted by molar-refractivity contribution is -0.150. The fourth-order valence-corrected chi connectivity index (χ4v) is 3.52. The second-order valence-corrected chi connectivity index (χ2v) is 8.15. The van der Waals surface area contributed by atoms with Gasteiger partial charge in [-0.1, -0.05) is 39.7 Å². The molecule has 156 valence electrons. The van der Waals surface area contributed by atoms with Crippen molar-refractivity contribution in [1.82, 2.24) is 5.01 Å². The largest absolute Gasteiger partial charge is 0.465 e. The van der Waals surface area contributed by atoms with Gasteiger partial charge in [0.05, 0.1) is 24.6 Å². The minimum Gasteiger partial charge on any atom is -0.465 e. The highest BCUT2D eigenvalue weighted by Gasteiger charge is 2.49. The summed E-state index contributed by atoms with van der Waals surface area (Å²) in [5.41, 5.74) is 0.179. The maximum Gasteiger partial charge on any atom is 0.351 e. The third kappa shape index (κ3) is 4.24. The molecule has 2 aromatic carbocycles. The summed E-state index contributed by atoms with van der Waals surface area (Å²) >= 11 is 9.29. The van der Waals surface area contributed by atoms with Crippen LogP contribution in [0.3, 0.4) is 0 Å². The average molecular weight is 493 g/mol. The number of imide groups is 1. The summed E-state index contributed by atoms with van der Waals surface area (Å²) in [6, 6.07) is 12.8. The van der Waals surface area contributed by atoms with Gasteiger partial charge < -0.3 is 4.74 Å². The lowest BCUT2D eigenvalue weighted by atomic mass is 9.82. The second-order valence-electron chi connectivity index (χ2n) is 6.80. The Morgan fingerprint density at radius 2 is 1.87 bits per heavy atom. The minimum atomic E-state index is -1.20. The Balaban J connectivity index is 1.99. The van der Waals surface area contributed by atoms with E-state index in [-0.39, 0.29) is 13.2 Å². The van der Waals surface area contributed by atoms with Crippen LogP contribution in [0, 0.1) is 5.41 Å². The number of halogens is 2. The van der Waals surface area contributed by atoms with E-state index in [2.05, 4.69) is 21.0 Å². The predicted molar refractivity (Wildman–Crippen MR) is 118 cm³/mol. The zero-order valence-electron chi connectivity index (χ0n) is 16.3. The van der Waals surface area contributed by atoms with Crippen LogP contribution in [0.15, 0.2) is 58.1 Å². The van der Waals surface area contributed by atoms with Crippen molar-refractivity contribution in [1.29, 1.82) is 0 Å². The van der Waals surface area contributed by atoms with Crippen LogP contribution in [0.5, 0.6) is 0 Å². The summed E-state index contributed by atoms with van der Waals surface area (Å²) in [4.78, 5) is 38.5. The molecule has 3 rings (SSSR count). The number of hydrogen-bond acceptors (Lipinski definition) is 5. The molecule has 0 aliphatic carbocycles. The smallest absolute Gasteiger partial charge is 0.351 e. The number of hydrazone groups is 1. The highest BCUT2D eigenvalue weighted by Crippen LogP contribution is 2.34. The van der Waals surface area contributed by atoms with Gasteiger partial charge in [-0.15, -0.1) is 0 Å². The van der Waals surface area contributed by atoms with Crippen molar-refractivity contribution in [3.8, 4) is 0 Å². The van der Waals surface area contributed by atoms with Crippen molar-refractivity contribution < 1.29 is 19.1 Å². The lowest BCUT2D eigenvalue weighted by Crippen LogP contribution is -2.45. The monoisotopic (exact) mass is 491 g/mol. The summed E-state index contributed by atoms with van der Waals surface area (Å²) in [5, 5.41) is 6.04. The third-order valence-electron chi connectivity index (χ3n) is 4.69. The van der Waals surface area contributed by atoms with E-state index >= 15 is 0 Å². The van der Waals surface area contributed by atoms with Crippen LogP contribution in [0.1, 0.15) is 19.4 Å². The van der Waals surface area contributed by atoms with E-state index in [1.165, 1.54) is 0 Å². The number of carbonyl (C=O) groups excluding carboxylic acids is 3. The van der Waals surface area contributed by atoms with Crippen LogP contribution in [0.2, 0.25) is 5.02 Å². The topological polar surface area (TPSA) is 79.3 Å². The molecule has 1 heterocycles. The van der Waals surface area contributed by atoms with Gasteiger partial charge in [0, 0.05) is 9.50 Å². The molecule has 7 nitrogen and oxygen atoms in total. The fraction of sp³-hybridized carbons (Fsp3) is 0.238. The normalized spacial score (nSPS) is 18.0. The zero-order chi connectivity index (χ0) is 21.9. The van der Waals surface area contributed by atoms with Crippen LogP contribution < -0.4 is 4.90 Å². The van der Waals surface area contributed by atoms with E-state index in [0.717, 1.165) is 14.4 Å². The van der Waals surface area contributed by atoms with Gasteiger partial charge in [0.2, 0.25) is 6.41 Å². The average Bonchev–Trinajstić information content (AvgIpc) is 3.09. The van der Waals surface area contributed by atoms with Crippen LogP contribution in [0.25, 0.3) is 0 Å². The quantitative estimate of drug-likeness (QED) is 0.455. The summed E-state index contributed by atoms with van der Waals surface area (Å²) in [6.45, 7) is 3.50. The Morgan fingerprint density at radius 3 is 2.43 bits per heavy atom. The van der Waals surface area contributed by atoms with Gasteiger partial charge in [-0.05, 0) is 55.8 Å². The molecule has 0 fully saturated rings. The van der Waals surface area contributed by atoms with Gasteiger partial charge in [-0.3, -0.25) is 9.59 Å². The molecule has 0 spiro atoms. The Labute approximate surface area is 187 Å². The van der Waals surface area contributed by atoms with Gasteiger partial charge in [-0.2, -0.15) is 5.10 Å². The van der Waals surface area contributed by atoms with E-state index in [0.29, 0.717) is 28.4 Å². The maximum absolute atomic E-state index is 13.1. The molecule has 0 saturated heterocycles. The molecule has 0 radical (unpaired) electrons. The first-order valence-corrected chi connectivity index (χ1v) is 10.3. The number of anilines is 1. The van der Waals surface area contributed by atoms with E-state index in [1.807, 2.05) is 0 Å². The second kappa shape index (κ2) is 8.97. The Kier molecular flexibility index (Phi) is 6.58. The highest BCUT2D eigenvalue weighted by molar-refractivity contribution is 9.10. The first-order valence-electron chi connectivity index (χ1n) is 9.14. The van der Waals surface area contributed by atoms with Gasteiger partial charge in [0.1, 0.15) is 5.41 Å². The summed E-state index contributed by atoms with van der Waals surface area (Å²) in [7, 11) is 0. The molecule has 0 saturated carbocycles. The molecule has 0 bridgehead atoms. The van der Waals surface area contributed by atoms with E-state index in [4.69, 9.17) is 16.3 Å². The summed E-state index contributed by atoms with van der Waals surface area (Å²) < 4.78 is 6.05. The lowest BCUT2D eigenvalue weighted by Gasteiger charge is -2.25. The summed E-state index contributed by atoms with van der Waals surface area (Å²) in [5.74, 6) is -0.504. The predicted octanol–water partition coefficient (Wildman–Crippen LogP) is 4.47. The number of carbonyl (C=O) groups is 3. The standard InChI is InChI=1S/C21H19BrClN3O4/c1-3-30-19(28)21(2)12-26(24-18(21)14-4-8-16(23)9-5-14)20(29)25(13-27)17-10-6-15(22)7-11-17/h4-11,13H,3,12H2,1-2H3. The number of ether oxygens (including phenoxy) is 1. The molecule has 1 aliphatic rings. The molecule has 0 aromatic heterocycles. The number of urea groups is 1. The van der Waals surface area contributed by atoms with E-state index in [1.54, 1.807) is 62.4 Å². The Hall–Kier alpha value is -2.71. The summed E-state index contributed by atoms with van der Waals surface area (Å²) in [6.07, 6.45) is 0.420. The third-order valence-corrected chi connectivity index (χ3v) is 5.47. The number of rotatable bonds is 5. The van der Waals surface area contributed by atoms with Gasteiger partial charge in [0.25, 0.3) is 0 Å². The van der Waals surface area contributed by atoms with Crippen molar-refractivity contribution in [3.05, 3.63) is 63.6 Å². The highest BCUT2D eigenvalue weighted by atomic mass is 79.9. The van der Waals surface area contributed by atoms with Crippen LogP contribution >= 0.6 is 27.5 Å². The minimum absolute atomic E-state index is 0.0660. The molecular formula is C21H19BrClN3O4. The zero-order valence-corrected chi connectivity index (χ0v) is 18.7. The van der Waals surface area contributed by atoms with Gasteiger partial charge in [-0.25, -0.2) is 14.7 Å². The molecule has 2 aromatic rings. The molecule has 1 atom stereocenters. The van der Waals surface area contributed by atoms with Crippen LogP contribution in [-0.4, -0.2) is 42.3 Å². The van der Waals surface area contributed by atoms with Crippen molar-refractivity contribution >= 4 is 57.3 Å². The van der Waals surface area contributed by atoms with Crippen molar-refractivity contribution in [2.24, 2.45) is 10.5 Å². The van der Waals surface area contributed by atoms with Crippen LogP contribution in [-0.2, 0) is 14.3 Å². The van der Waals surface area contributed by atoms with E-state index < -0.39 is 17.4 Å². The first kappa shape index (κ1) is 22.0. The van der Waals surface area contributed by atoms with Crippen LogP contribution in [0.4, 0.5) is 10.5 Å². The molecule has 1 unspecified atom stereocenters. The molecule has 0 N–H and O–H groups in total. The van der Waals surface area contributed by atoms with E-state index in [9.17, 15) is 14.4 Å². The molecule has 1 aliphatic heterocycles. The number of hydrogen-bond donors (Lipinski definition) is 0. The number of amides is 3. The maximum atomic E-state index is 13.1. The Bertz CT molecular complexity index is 994. The van der Waals surface area contributed by atoms with Gasteiger partial charge >= 0.3 is 12.0 Å².